The fourth-order valence-electron chi connectivity index (χ4n) is 3.87. The first-order valence-electron chi connectivity index (χ1n) is 10.9. The molecule has 32 heavy (non-hydrogen) atoms. The van der Waals surface area contributed by atoms with Gasteiger partial charge in [-0.05, 0) is 36.8 Å². The zero-order valence-corrected chi connectivity index (χ0v) is 21.4. The summed E-state index contributed by atoms with van der Waals surface area (Å²) >= 11 is 0. The SMILES string of the molecule is CCNC(=NCc1cc(N(C)C)nc2ccccc12)N1CCN(c2ccccn2)CC1.I. The zero-order valence-electron chi connectivity index (χ0n) is 19.0. The van der Waals surface area contributed by atoms with Crippen LogP contribution in [0.5, 0.6) is 0 Å². The molecule has 170 valence electrons. The number of piperazine rings is 1. The monoisotopic (exact) mass is 545 g/mol. The molecule has 0 saturated carbocycles. The molecule has 0 unspecified atom stereocenters. The normalized spacial score (nSPS) is 14.3. The molecule has 7 nitrogen and oxygen atoms in total. The maximum atomic E-state index is 5.01. The Morgan fingerprint density at radius 1 is 1.06 bits per heavy atom. The molecule has 8 heteroatoms. The van der Waals surface area contributed by atoms with E-state index < -0.39 is 0 Å². The van der Waals surface area contributed by atoms with Crippen LogP contribution in [0.15, 0.2) is 59.7 Å². The fourth-order valence-corrected chi connectivity index (χ4v) is 3.87. The predicted molar refractivity (Wildman–Crippen MR) is 144 cm³/mol. The van der Waals surface area contributed by atoms with Crippen molar-refractivity contribution < 1.29 is 0 Å². The number of anilines is 2. The van der Waals surface area contributed by atoms with Crippen molar-refractivity contribution in [3.8, 4) is 0 Å². The molecule has 3 aromatic rings. The van der Waals surface area contributed by atoms with Gasteiger partial charge in [0, 0.05) is 58.4 Å². The molecular formula is C24H32IN7. The molecule has 1 aliphatic rings. The second kappa shape index (κ2) is 11.3. The number of benzene rings is 1. The first-order chi connectivity index (χ1) is 15.2. The molecule has 2 aromatic heterocycles. The lowest BCUT2D eigenvalue weighted by molar-refractivity contribution is 0.371. The van der Waals surface area contributed by atoms with E-state index >= 15 is 0 Å². The van der Waals surface area contributed by atoms with Gasteiger partial charge in [0.25, 0.3) is 0 Å². The maximum Gasteiger partial charge on any atom is 0.194 e. The third-order valence-electron chi connectivity index (χ3n) is 5.53. The Balaban J connectivity index is 0.00000289. The lowest BCUT2D eigenvalue weighted by Crippen LogP contribution is -2.52. The van der Waals surface area contributed by atoms with Gasteiger partial charge in [-0.3, -0.25) is 0 Å². The average molecular weight is 545 g/mol. The minimum atomic E-state index is 0. The Morgan fingerprint density at radius 2 is 1.81 bits per heavy atom. The van der Waals surface area contributed by atoms with Crippen molar-refractivity contribution in [1.82, 2.24) is 20.2 Å². The minimum absolute atomic E-state index is 0. The smallest absolute Gasteiger partial charge is 0.194 e. The Labute approximate surface area is 207 Å². The summed E-state index contributed by atoms with van der Waals surface area (Å²) in [6.45, 7) is 7.29. The second-order valence-electron chi connectivity index (χ2n) is 7.88. The topological polar surface area (TPSA) is 59.9 Å². The highest BCUT2D eigenvalue weighted by molar-refractivity contribution is 14.0. The highest BCUT2D eigenvalue weighted by atomic mass is 127. The van der Waals surface area contributed by atoms with E-state index in [0.717, 1.165) is 61.2 Å². The average Bonchev–Trinajstić information content (AvgIpc) is 2.82. The van der Waals surface area contributed by atoms with E-state index in [9.17, 15) is 0 Å². The third-order valence-corrected chi connectivity index (χ3v) is 5.53. The van der Waals surface area contributed by atoms with Crippen LogP contribution >= 0.6 is 24.0 Å². The van der Waals surface area contributed by atoms with E-state index in [2.05, 4.69) is 57.4 Å². The van der Waals surface area contributed by atoms with Gasteiger partial charge in [-0.1, -0.05) is 24.3 Å². The number of guanidine groups is 1. The molecular weight excluding hydrogens is 513 g/mol. The van der Waals surface area contributed by atoms with E-state index in [1.807, 2.05) is 43.4 Å². The van der Waals surface area contributed by atoms with Gasteiger partial charge >= 0.3 is 0 Å². The Kier molecular flexibility index (Phi) is 8.49. The largest absolute Gasteiger partial charge is 0.363 e. The Hall–Kier alpha value is -2.62. The van der Waals surface area contributed by atoms with Crippen molar-refractivity contribution >= 4 is 52.5 Å². The summed E-state index contributed by atoms with van der Waals surface area (Å²) in [6, 6.07) is 16.5. The van der Waals surface area contributed by atoms with Crippen molar-refractivity contribution in [2.75, 3.05) is 56.6 Å². The quantitative estimate of drug-likeness (QED) is 0.301. The van der Waals surface area contributed by atoms with E-state index in [-0.39, 0.29) is 24.0 Å². The molecule has 3 heterocycles. The van der Waals surface area contributed by atoms with Crippen LogP contribution in [0, 0.1) is 0 Å². The van der Waals surface area contributed by atoms with E-state index in [0.29, 0.717) is 6.54 Å². The van der Waals surface area contributed by atoms with Crippen LogP contribution in [0.2, 0.25) is 0 Å². The highest BCUT2D eigenvalue weighted by Crippen LogP contribution is 2.23. The van der Waals surface area contributed by atoms with Gasteiger partial charge in [0.05, 0.1) is 12.1 Å². The lowest BCUT2D eigenvalue weighted by Gasteiger charge is -2.37. The molecule has 0 spiro atoms. The molecule has 1 saturated heterocycles. The molecule has 0 aliphatic carbocycles. The molecule has 0 atom stereocenters. The molecule has 1 aromatic carbocycles. The van der Waals surface area contributed by atoms with E-state index in [1.54, 1.807) is 0 Å². The number of para-hydroxylation sites is 1. The summed E-state index contributed by atoms with van der Waals surface area (Å²) in [5.41, 5.74) is 2.20. The molecule has 0 bridgehead atoms. The van der Waals surface area contributed by atoms with Crippen molar-refractivity contribution in [3.63, 3.8) is 0 Å². The highest BCUT2D eigenvalue weighted by Gasteiger charge is 2.20. The number of fused-ring (bicyclic) bond motifs is 1. The minimum Gasteiger partial charge on any atom is -0.363 e. The standard InChI is InChI=1S/C24H31N7.HI/c1-4-25-24(31-15-13-30(14-16-31)22-11-7-8-12-26-22)27-18-19-17-23(29(2)3)28-21-10-6-5-9-20(19)21;/h5-12,17H,4,13-16,18H2,1-3H3,(H,25,27);1H. The number of hydrogen-bond donors (Lipinski definition) is 1. The van der Waals surface area contributed by atoms with Gasteiger partial charge in [-0.25, -0.2) is 15.0 Å². The molecule has 1 N–H and O–H groups in total. The van der Waals surface area contributed by atoms with E-state index in [4.69, 9.17) is 9.98 Å². The van der Waals surface area contributed by atoms with Crippen molar-refractivity contribution in [3.05, 3.63) is 60.3 Å². The molecule has 4 rings (SSSR count). The van der Waals surface area contributed by atoms with Crippen molar-refractivity contribution in [1.29, 1.82) is 0 Å². The summed E-state index contributed by atoms with van der Waals surface area (Å²) in [7, 11) is 4.05. The summed E-state index contributed by atoms with van der Waals surface area (Å²) in [5.74, 6) is 2.97. The second-order valence-corrected chi connectivity index (χ2v) is 7.88. The zero-order chi connectivity index (χ0) is 21.6. The van der Waals surface area contributed by atoms with Crippen LogP contribution in [0.1, 0.15) is 12.5 Å². The number of nitrogens with zero attached hydrogens (tertiary/aromatic N) is 6. The van der Waals surface area contributed by atoms with Gasteiger partial charge in [-0.15, -0.1) is 24.0 Å². The summed E-state index contributed by atoms with van der Waals surface area (Å²) in [4.78, 5) is 21.0. The summed E-state index contributed by atoms with van der Waals surface area (Å²) in [5, 5.41) is 4.64. The van der Waals surface area contributed by atoms with Gasteiger partial charge in [0.1, 0.15) is 11.6 Å². The predicted octanol–water partition coefficient (Wildman–Crippen LogP) is 3.60. The maximum absolute atomic E-state index is 5.01. The summed E-state index contributed by atoms with van der Waals surface area (Å²) in [6.07, 6.45) is 1.86. The van der Waals surface area contributed by atoms with Crippen molar-refractivity contribution in [2.45, 2.75) is 13.5 Å². The van der Waals surface area contributed by atoms with Crippen LogP contribution in [0.4, 0.5) is 11.6 Å². The van der Waals surface area contributed by atoms with Gasteiger partial charge < -0.3 is 20.0 Å². The van der Waals surface area contributed by atoms with Crippen molar-refractivity contribution in [2.24, 2.45) is 4.99 Å². The number of nitrogens with one attached hydrogen (secondary N) is 1. The van der Waals surface area contributed by atoms with Gasteiger partial charge in [0.15, 0.2) is 5.96 Å². The number of hydrogen-bond acceptors (Lipinski definition) is 5. The fraction of sp³-hybridized carbons (Fsp3) is 0.375. The molecule has 1 aliphatic heterocycles. The first kappa shape index (κ1) is 24.0. The molecule has 1 fully saturated rings. The number of pyridine rings is 2. The Morgan fingerprint density at radius 3 is 2.50 bits per heavy atom. The number of rotatable bonds is 5. The van der Waals surface area contributed by atoms with Crippen LogP contribution in [0.3, 0.4) is 0 Å². The molecule has 0 amide bonds. The van der Waals surface area contributed by atoms with Crippen LogP contribution in [-0.4, -0.2) is 67.6 Å². The van der Waals surface area contributed by atoms with Gasteiger partial charge in [0.2, 0.25) is 0 Å². The van der Waals surface area contributed by atoms with Gasteiger partial charge in [-0.2, -0.15) is 0 Å². The van der Waals surface area contributed by atoms with E-state index in [1.165, 1.54) is 5.56 Å². The summed E-state index contributed by atoms with van der Waals surface area (Å²) < 4.78 is 0. The lowest BCUT2D eigenvalue weighted by atomic mass is 10.1. The van der Waals surface area contributed by atoms with Crippen LogP contribution < -0.4 is 15.1 Å². The number of halogens is 1. The van der Waals surface area contributed by atoms with Crippen LogP contribution in [-0.2, 0) is 6.54 Å². The first-order valence-corrected chi connectivity index (χ1v) is 10.9. The Bertz CT molecular complexity index is 1030. The molecule has 0 radical (unpaired) electrons. The third kappa shape index (κ3) is 5.59. The van der Waals surface area contributed by atoms with Crippen LogP contribution in [0.25, 0.3) is 10.9 Å². The number of aliphatic imine (C=N–C) groups is 1. The number of aromatic nitrogens is 2.